The third kappa shape index (κ3) is 4.20. The monoisotopic (exact) mass is 515 g/mol. The molecule has 0 amide bonds. The van der Waals surface area contributed by atoms with E-state index in [1.807, 2.05) is 26.0 Å². The van der Waals surface area contributed by atoms with Gasteiger partial charge in [-0.1, -0.05) is 13.8 Å². The van der Waals surface area contributed by atoms with Gasteiger partial charge in [0.05, 0.1) is 30.4 Å². The van der Waals surface area contributed by atoms with Gasteiger partial charge >= 0.3 is 0 Å². The minimum atomic E-state index is -2.63. The van der Waals surface area contributed by atoms with Crippen molar-refractivity contribution in [3.8, 4) is 28.6 Å². The number of nitrogens with zero attached hydrogens (tertiary/aromatic N) is 4. The zero-order chi connectivity index (χ0) is 26.5. The SMILES string of the molecule is COc1cc(P(C)(C)=O)ncc1-c1c(C(C)(C)CC#N)n(-c2ccc(F)cc2)c2cc3cn[nH]c3cc12. The van der Waals surface area contributed by atoms with Gasteiger partial charge in [-0.3, -0.25) is 10.1 Å². The molecule has 0 aliphatic carbocycles. The Balaban J connectivity index is 1.98. The number of rotatable bonds is 6. The van der Waals surface area contributed by atoms with Gasteiger partial charge in [-0.2, -0.15) is 10.4 Å². The molecular formula is C28H27FN5O2P. The molecule has 1 N–H and O–H groups in total. The summed E-state index contributed by atoms with van der Waals surface area (Å²) >= 11 is 0. The van der Waals surface area contributed by atoms with E-state index in [9.17, 15) is 14.2 Å². The summed E-state index contributed by atoms with van der Waals surface area (Å²) in [5, 5.41) is 18.8. The lowest BCUT2D eigenvalue weighted by Crippen LogP contribution is -2.22. The molecule has 3 aromatic heterocycles. The third-order valence-corrected chi connectivity index (χ3v) is 8.01. The molecule has 0 saturated heterocycles. The molecule has 3 heterocycles. The van der Waals surface area contributed by atoms with E-state index in [2.05, 4.69) is 25.8 Å². The number of pyridine rings is 1. The molecule has 0 bridgehead atoms. The van der Waals surface area contributed by atoms with Crippen molar-refractivity contribution in [2.75, 3.05) is 20.4 Å². The molecule has 0 spiro atoms. The standard InChI is InChI=1S/C28H27FN5O2P/c1-28(2,10-11-30)27-26(21-16-31-25(37(4,5)35)14-24(21)36-3)20-13-22-17(15-32-33-22)12-23(20)34(27)19-8-6-18(29)7-9-19/h6-9,12-16H,10H2,1-5H3,(H,32,33). The molecule has 7 nitrogen and oxygen atoms in total. The molecule has 0 aliphatic heterocycles. The van der Waals surface area contributed by atoms with E-state index in [4.69, 9.17) is 4.74 Å². The van der Waals surface area contributed by atoms with Crippen LogP contribution in [-0.2, 0) is 9.98 Å². The number of H-pyrrole nitrogens is 1. The molecule has 0 saturated carbocycles. The molecule has 5 aromatic rings. The number of aromatic nitrogens is 4. The van der Waals surface area contributed by atoms with Crippen LogP contribution in [0.25, 0.3) is 38.6 Å². The number of fused-ring (bicyclic) bond motifs is 2. The average Bonchev–Trinajstić information content (AvgIpc) is 3.44. The Bertz CT molecular complexity index is 1740. The number of methoxy groups -OCH3 is 1. The van der Waals surface area contributed by atoms with Crippen molar-refractivity contribution < 1.29 is 13.7 Å². The molecular weight excluding hydrogens is 488 g/mol. The van der Waals surface area contributed by atoms with E-state index < -0.39 is 12.6 Å². The number of aromatic amines is 1. The minimum Gasteiger partial charge on any atom is -0.496 e. The van der Waals surface area contributed by atoms with Gasteiger partial charge in [0.2, 0.25) is 0 Å². The topological polar surface area (TPSA) is 96.6 Å². The Kier molecular flexibility index (Phi) is 5.92. The molecule has 9 heteroatoms. The maximum atomic E-state index is 13.9. The van der Waals surface area contributed by atoms with Crippen LogP contribution in [0.1, 0.15) is 26.0 Å². The highest BCUT2D eigenvalue weighted by Crippen LogP contribution is 2.47. The van der Waals surface area contributed by atoms with Gasteiger partial charge in [-0.25, -0.2) is 4.39 Å². The first-order valence-corrected chi connectivity index (χ1v) is 14.4. The highest BCUT2D eigenvalue weighted by molar-refractivity contribution is 7.69. The fourth-order valence-corrected chi connectivity index (χ4v) is 5.62. The zero-order valence-corrected chi connectivity index (χ0v) is 22.2. The number of hydrogen-bond acceptors (Lipinski definition) is 5. The first-order chi connectivity index (χ1) is 17.5. The van der Waals surface area contributed by atoms with Gasteiger partial charge in [0.1, 0.15) is 24.1 Å². The molecule has 0 unspecified atom stereocenters. The van der Waals surface area contributed by atoms with Crippen molar-refractivity contribution in [2.45, 2.75) is 25.7 Å². The van der Waals surface area contributed by atoms with Crippen molar-refractivity contribution in [2.24, 2.45) is 0 Å². The highest BCUT2D eigenvalue weighted by Gasteiger charge is 2.33. The molecule has 0 radical (unpaired) electrons. The van der Waals surface area contributed by atoms with E-state index in [0.717, 1.165) is 38.8 Å². The largest absolute Gasteiger partial charge is 0.496 e. The number of benzene rings is 2. The van der Waals surface area contributed by atoms with E-state index in [0.29, 0.717) is 16.7 Å². The molecule has 2 aromatic carbocycles. The summed E-state index contributed by atoms with van der Waals surface area (Å²) in [7, 11) is -1.06. The lowest BCUT2D eigenvalue weighted by atomic mass is 9.82. The fourth-order valence-electron chi connectivity index (χ4n) is 4.86. The Hall–Kier alpha value is -3.95. The van der Waals surface area contributed by atoms with Gasteiger partial charge < -0.3 is 13.9 Å². The van der Waals surface area contributed by atoms with Crippen LogP contribution in [-0.4, -0.2) is 40.2 Å². The second kappa shape index (κ2) is 8.86. The number of hydrogen-bond donors (Lipinski definition) is 1. The van der Waals surface area contributed by atoms with Gasteiger partial charge in [0, 0.05) is 57.4 Å². The Morgan fingerprint density at radius 3 is 2.54 bits per heavy atom. The molecule has 188 valence electrons. The van der Waals surface area contributed by atoms with E-state index in [1.54, 1.807) is 51.0 Å². The average molecular weight is 516 g/mol. The van der Waals surface area contributed by atoms with Crippen LogP contribution in [0.3, 0.4) is 0 Å². The van der Waals surface area contributed by atoms with Crippen LogP contribution >= 0.6 is 7.14 Å². The summed E-state index contributed by atoms with van der Waals surface area (Å²) in [6.07, 6.45) is 3.69. The normalized spacial score (nSPS) is 12.2. The van der Waals surface area contributed by atoms with Crippen molar-refractivity contribution in [1.82, 2.24) is 19.7 Å². The van der Waals surface area contributed by atoms with Crippen LogP contribution in [0.15, 0.2) is 54.9 Å². The Labute approximate surface area is 214 Å². The lowest BCUT2D eigenvalue weighted by molar-refractivity contribution is 0.416. The Morgan fingerprint density at radius 1 is 1.16 bits per heavy atom. The summed E-state index contributed by atoms with van der Waals surface area (Å²) in [5.74, 6) is 0.200. The van der Waals surface area contributed by atoms with E-state index in [1.165, 1.54) is 12.1 Å². The van der Waals surface area contributed by atoms with Crippen LogP contribution in [0.4, 0.5) is 4.39 Å². The summed E-state index contributed by atoms with van der Waals surface area (Å²) in [4.78, 5) is 4.57. The van der Waals surface area contributed by atoms with Gasteiger partial charge in [0.15, 0.2) is 0 Å². The number of nitrogens with one attached hydrogen (secondary N) is 1. The van der Waals surface area contributed by atoms with E-state index in [-0.39, 0.29) is 12.2 Å². The van der Waals surface area contributed by atoms with Crippen molar-refractivity contribution in [3.63, 3.8) is 0 Å². The van der Waals surface area contributed by atoms with Crippen LogP contribution in [0, 0.1) is 17.1 Å². The lowest BCUT2D eigenvalue weighted by Gasteiger charge is -2.27. The molecule has 5 rings (SSSR count). The van der Waals surface area contributed by atoms with Gasteiger partial charge in [-0.05, 0) is 49.7 Å². The maximum Gasteiger partial charge on any atom is 0.130 e. The van der Waals surface area contributed by atoms with Crippen molar-refractivity contribution in [3.05, 3.63) is 66.4 Å². The van der Waals surface area contributed by atoms with Crippen molar-refractivity contribution in [1.29, 1.82) is 5.26 Å². The quantitative estimate of drug-likeness (QED) is 0.273. The smallest absolute Gasteiger partial charge is 0.130 e. The third-order valence-electron chi connectivity index (χ3n) is 6.67. The fraction of sp³-hybridized carbons (Fsp3) is 0.250. The molecule has 37 heavy (non-hydrogen) atoms. The highest BCUT2D eigenvalue weighted by atomic mass is 31.2. The second-order valence-corrected chi connectivity index (χ2v) is 13.3. The number of halogens is 1. The van der Waals surface area contributed by atoms with Crippen LogP contribution in [0.2, 0.25) is 0 Å². The minimum absolute atomic E-state index is 0.240. The Morgan fingerprint density at radius 2 is 1.89 bits per heavy atom. The van der Waals surface area contributed by atoms with Gasteiger partial charge in [-0.15, -0.1) is 0 Å². The van der Waals surface area contributed by atoms with Gasteiger partial charge in [0.25, 0.3) is 0 Å². The number of nitriles is 1. The predicted octanol–water partition coefficient (Wildman–Crippen LogP) is 6.16. The summed E-state index contributed by atoms with van der Waals surface area (Å²) in [6, 6.07) is 14.4. The zero-order valence-electron chi connectivity index (χ0n) is 21.3. The summed E-state index contributed by atoms with van der Waals surface area (Å²) in [6.45, 7) is 7.38. The maximum absolute atomic E-state index is 13.9. The first-order valence-electron chi connectivity index (χ1n) is 11.8. The second-order valence-electron chi connectivity index (χ2n) is 10.2. The van der Waals surface area contributed by atoms with Crippen LogP contribution in [0.5, 0.6) is 5.75 Å². The van der Waals surface area contributed by atoms with Crippen LogP contribution < -0.4 is 10.2 Å². The molecule has 0 atom stereocenters. The predicted molar refractivity (Wildman–Crippen MR) is 145 cm³/mol. The molecule has 0 aliphatic rings. The summed E-state index contributed by atoms with van der Waals surface area (Å²) in [5.41, 5.74) is 4.77. The number of ether oxygens (including phenoxy) is 1. The first kappa shape index (κ1) is 24.7. The molecule has 0 fully saturated rings. The summed E-state index contributed by atoms with van der Waals surface area (Å²) < 4.78 is 34.6. The van der Waals surface area contributed by atoms with E-state index >= 15 is 0 Å². The van der Waals surface area contributed by atoms with Crippen molar-refractivity contribution >= 4 is 34.4 Å².